The maximum Gasteiger partial charge on any atom is 0.357 e. The van der Waals surface area contributed by atoms with E-state index in [0.29, 0.717) is 5.69 Å². The number of carbonyl (C=O) groups excluding carboxylic acids is 1. The molecule has 21 heavy (non-hydrogen) atoms. The number of hydrogen-bond donors (Lipinski definition) is 0. The zero-order valence-electron chi connectivity index (χ0n) is 11.9. The van der Waals surface area contributed by atoms with E-state index in [9.17, 15) is 9.00 Å². The Hall–Kier alpha value is -2.21. The van der Waals surface area contributed by atoms with Crippen molar-refractivity contribution < 1.29 is 13.7 Å². The van der Waals surface area contributed by atoms with Crippen LogP contribution in [0.5, 0.6) is 0 Å². The molecule has 0 bridgehead atoms. The second-order valence-corrected chi connectivity index (χ2v) is 7.28. The monoisotopic (exact) mass is 304 g/mol. The van der Waals surface area contributed by atoms with Crippen LogP contribution < -0.4 is 0 Å². The van der Waals surface area contributed by atoms with E-state index in [-0.39, 0.29) is 12.3 Å². The van der Waals surface area contributed by atoms with Gasteiger partial charge in [-0.3, -0.25) is 0 Å². The molecule has 1 aromatic heterocycles. The van der Waals surface area contributed by atoms with Crippen LogP contribution in [0.2, 0.25) is 0 Å². The van der Waals surface area contributed by atoms with Gasteiger partial charge in [-0.15, -0.1) is 0 Å². The molecule has 2 rings (SSSR count). The van der Waals surface area contributed by atoms with Crippen molar-refractivity contribution in [2.75, 3.05) is 12.5 Å². The van der Waals surface area contributed by atoms with Crippen molar-refractivity contribution in [3.05, 3.63) is 59.9 Å². The Morgan fingerprint density at radius 2 is 1.95 bits per heavy atom. The number of carbonyl (C=O) groups is 1. The summed E-state index contributed by atoms with van der Waals surface area (Å²) in [6.45, 7) is 0.182. The summed E-state index contributed by atoms with van der Waals surface area (Å²) in [5, 5.41) is 0. The molecule has 5 nitrogen and oxygen atoms in total. The van der Waals surface area contributed by atoms with Gasteiger partial charge in [-0.2, -0.15) is 4.36 Å². The Balaban J connectivity index is 2.10. The fourth-order valence-corrected chi connectivity index (χ4v) is 2.26. The van der Waals surface area contributed by atoms with Crippen LogP contribution >= 0.6 is 0 Å². The maximum atomic E-state index is 11.9. The normalized spacial score (nSPS) is 11.0. The first-order chi connectivity index (χ1) is 9.94. The van der Waals surface area contributed by atoms with Crippen molar-refractivity contribution in [2.45, 2.75) is 6.61 Å². The lowest BCUT2D eigenvalue weighted by atomic mass is 10.2. The van der Waals surface area contributed by atoms with Crippen LogP contribution in [-0.2, 0) is 21.1 Å². The molecule has 0 unspecified atom stereocenters. The number of pyridine rings is 1. The number of benzene rings is 1. The predicted molar refractivity (Wildman–Crippen MR) is 81.9 cm³/mol. The Labute approximate surface area is 124 Å². The summed E-state index contributed by atoms with van der Waals surface area (Å²) in [5.74, 6) is -0.533. The molecule has 2 aromatic rings. The molecule has 0 aliphatic carbocycles. The lowest BCUT2D eigenvalue weighted by molar-refractivity contribution is 0.0466. The first-order valence-corrected chi connectivity index (χ1v) is 8.61. The fourth-order valence-electron chi connectivity index (χ4n) is 1.64. The maximum absolute atomic E-state index is 11.9. The topological polar surface area (TPSA) is 68.6 Å². The van der Waals surface area contributed by atoms with Gasteiger partial charge in [0.05, 0.1) is 5.69 Å². The van der Waals surface area contributed by atoms with Gasteiger partial charge in [0.2, 0.25) is 0 Å². The molecule has 6 heteroatoms. The molecular formula is C15H16N2O3S. The molecule has 0 N–H and O–H groups in total. The smallest absolute Gasteiger partial charge is 0.357 e. The van der Waals surface area contributed by atoms with Gasteiger partial charge >= 0.3 is 5.97 Å². The van der Waals surface area contributed by atoms with Gasteiger partial charge in [0, 0.05) is 28.4 Å². The summed E-state index contributed by atoms with van der Waals surface area (Å²) in [6, 6.07) is 12.5. The van der Waals surface area contributed by atoms with Gasteiger partial charge in [-0.25, -0.2) is 14.0 Å². The number of aromatic nitrogens is 1. The number of rotatable bonds is 4. The van der Waals surface area contributed by atoms with E-state index < -0.39 is 15.7 Å². The van der Waals surface area contributed by atoms with Gasteiger partial charge in [-0.1, -0.05) is 30.3 Å². The minimum absolute atomic E-state index is 0.149. The van der Waals surface area contributed by atoms with Crippen molar-refractivity contribution in [1.82, 2.24) is 4.98 Å². The lowest BCUT2D eigenvalue weighted by Crippen LogP contribution is -2.07. The van der Waals surface area contributed by atoms with E-state index in [1.54, 1.807) is 6.07 Å². The van der Waals surface area contributed by atoms with Crippen LogP contribution in [0.1, 0.15) is 16.1 Å². The summed E-state index contributed by atoms with van der Waals surface area (Å²) in [5.41, 5.74) is 1.50. The summed E-state index contributed by atoms with van der Waals surface area (Å²) < 4.78 is 20.9. The number of nitrogens with zero attached hydrogens (tertiary/aromatic N) is 2. The third-order valence-corrected chi connectivity index (χ3v) is 3.14. The Morgan fingerprint density at radius 3 is 2.62 bits per heavy atom. The van der Waals surface area contributed by atoms with Crippen LogP contribution in [-0.4, -0.2) is 27.7 Å². The molecule has 0 fully saturated rings. The fraction of sp³-hybridized carbons (Fsp3) is 0.200. The minimum atomic E-state index is -2.28. The van der Waals surface area contributed by atoms with Crippen molar-refractivity contribution in [2.24, 2.45) is 4.36 Å². The lowest BCUT2D eigenvalue weighted by Gasteiger charge is -2.05. The quantitative estimate of drug-likeness (QED) is 0.814. The van der Waals surface area contributed by atoms with Crippen molar-refractivity contribution in [1.29, 1.82) is 0 Å². The Bertz CT molecular complexity index is 743. The van der Waals surface area contributed by atoms with Gasteiger partial charge < -0.3 is 4.74 Å². The highest BCUT2D eigenvalue weighted by molar-refractivity contribution is 7.92. The van der Waals surface area contributed by atoms with Crippen LogP contribution in [0.3, 0.4) is 0 Å². The molecule has 1 aromatic carbocycles. The van der Waals surface area contributed by atoms with E-state index >= 15 is 0 Å². The largest absolute Gasteiger partial charge is 0.456 e. The first-order valence-electron chi connectivity index (χ1n) is 6.28. The number of ether oxygens (including phenoxy) is 1. The zero-order valence-corrected chi connectivity index (χ0v) is 12.7. The van der Waals surface area contributed by atoms with Crippen molar-refractivity contribution in [3.8, 4) is 0 Å². The molecule has 0 aliphatic rings. The molecule has 110 valence electrons. The zero-order chi connectivity index (χ0) is 15.3. The summed E-state index contributed by atoms with van der Waals surface area (Å²) in [4.78, 5) is 15.9. The minimum Gasteiger partial charge on any atom is -0.456 e. The molecular weight excluding hydrogens is 288 g/mol. The van der Waals surface area contributed by atoms with Gasteiger partial charge in [0.1, 0.15) is 6.61 Å². The molecule has 0 spiro atoms. The second-order valence-electron chi connectivity index (χ2n) is 4.73. The molecule has 0 aliphatic heterocycles. The van der Waals surface area contributed by atoms with Crippen LogP contribution in [0.15, 0.2) is 53.0 Å². The van der Waals surface area contributed by atoms with Crippen molar-refractivity contribution in [3.63, 3.8) is 0 Å². The van der Waals surface area contributed by atoms with Gasteiger partial charge in [0.25, 0.3) is 0 Å². The predicted octanol–water partition coefficient (Wildman–Crippen LogP) is 2.80. The Morgan fingerprint density at radius 1 is 1.24 bits per heavy atom. The molecule has 0 atom stereocenters. The van der Waals surface area contributed by atoms with E-state index in [4.69, 9.17) is 4.74 Å². The summed E-state index contributed by atoms with van der Waals surface area (Å²) >= 11 is 0. The van der Waals surface area contributed by atoms with Crippen LogP contribution in [0, 0.1) is 0 Å². The van der Waals surface area contributed by atoms with E-state index in [0.717, 1.165) is 5.56 Å². The van der Waals surface area contributed by atoms with Gasteiger partial charge in [0.15, 0.2) is 5.69 Å². The third kappa shape index (κ3) is 5.00. The highest BCUT2D eigenvalue weighted by Gasteiger charge is 2.10. The summed E-state index contributed by atoms with van der Waals surface area (Å²) in [6.07, 6.45) is 4.50. The van der Waals surface area contributed by atoms with E-state index in [1.807, 2.05) is 30.3 Å². The standard InChI is InChI=1S/C15H16N2O3S/c1-21(2,19)17-13-8-9-16-14(10-13)15(18)20-11-12-6-4-3-5-7-12/h3-10H,11H2,1-2H3. The number of esters is 1. The van der Waals surface area contributed by atoms with Crippen LogP contribution in [0.4, 0.5) is 5.69 Å². The molecule has 0 saturated heterocycles. The molecule has 0 radical (unpaired) electrons. The molecule has 0 saturated carbocycles. The second kappa shape index (κ2) is 6.49. The van der Waals surface area contributed by atoms with Gasteiger partial charge in [-0.05, 0) is 17.7 Å². The summed E-state index contributed by atoms with van der Waals surface area (Å²) in [7, 11) is -2.28. The number of hydrogen-bond acceptors (Lipinski definition) is 5. The van der Waals surface area contributed by atoms with Crippen LogP contribution in [0.25, 0.3) is 0 Å². The molecule has 1 heterocycles. The SMILES string of the molecule is CS(C)(=O)=Nc1ccnc(C(=O)OCc2ccccc2)c1. The van der Waals surface area contributed by atoms with E-state index in [2.05, 4.69) is 9.35 Å². The third-order valence-electron chi connectivity index (χ3n) is 2.49. The Kier molecular flexibility index (Phi) is 4.70. The average Bonchev–Trinajstić information content (AvgIpc) is 2.44. The van der Waals surface area contributed by atoms with E-state index in [1.165, 1.54) is 24.8 Å². The highest BCUT2D eigenvalue weighted by atomic mass is 32.2. The van der Waals surface area contributed by atoms with Crippen molar-refractivity contribution >= 4 is 21.4 Å². The highest BCUT2D eigenvalue weighted by Crippen LogP contribution is 2.15. The molecule has 0 amide bonds. The first kappa shape index (κ1) is 15.2. The average molecular weight is 304 g/mol.